The number of aliphatic hydroxyl groups is 1. The van der Waals surface area contributed by atoms with Gasteiger partial charge in [-0.15, -0.1) is 0 Å². The van der Waals surface area contributed by atoms with Crippen LogP contribution in [0.2, 0.25) is 0 Å². The summed E-state index contributed by atoms with van der Waals surface area (Å²) in [6, 6.07) is 8.84. The molecule has 2 rings (SSSR count). The molecular weight excluding hydrogens is 218 g/mol. The summed E-state index contributed by atoms with van der Waals surface area (Å²) >= 11 is 0. The van der Waals surface area contributed by atoms with Gasteiger partial charge in [0.25, 0.3) is 0 Å². The monoisotopic (exact) mass is 235 g/mol. The summed E-state index contributed by atoms with van der Waals surface area (Å²) in [5.74, 6) is -0.559. The number of benzene rings is 1. The fraction of sp³-hybridized carbons (Fsp3) is 0.462. The van der Waals surface area contributed by atoms with Crippen molar-refractivity contribution in [3.8, 4) is 0 Å². The van der Waals surface area contributed by atoms with Crippen LogP contribution in [0.15, 0.2) is 30.3 Å². The second kappa shape index (κ2) is 5.29. The van der Waals surface area contributed by atoms with Crippen molar-refractivity contribution < 1.29 is 14.6 Å². The molecule has 4 nitrogen and oxygen atoms in total. The molecule has 2 atom stereocenters. The predicted octanol–water partition coefficient (Wildman–Crippen LogP) is 0.967. The fourth-order valence-corrected chi connectivity index (χ4v) is 1.99. The molecule has 1 fully saturated rings. The molecule has 0 aliphatic carbocycles. The Morgan fingerprint density at radius 3 is 2.76 bits per heavy atom. The van der Waals surface area contributed by atoms with E-state index in [2.05, 4.69) is 4.90 Å². The number of carbonyl (C=O) groups is 1. The van der Waals surface area contributed by atoms with Gasteiger partial charge in [0.1, 0.15) is 6.10 Å². The Morgan fingerprint density at radius 2 is 2.18 bits per heavy atom. The molecule has 0 bridgehead atoms. The van der Waals surface area contributed by atoms with Gasteiger partial charge in [-0.3, -0.25) is 0 Å². The van der Waals surface area contributed by atoms with Crippen LogP contribution in [0.4, 0.5) is 0 Å². The van der Waals surface area contributed by atoms with Crippen molar-refractivity contribution in [1.82, 2.24) is 4.90 Å². The van der Waals surface area contributed by atoms with Crippen LogP contribution in [0.5, 0.6) is 0 Å². The van der Waals surface area contributed by atoms with E-state index in [4.69, 9.17) is 4.74 Å². The molecule has 1 aromatic rings. The van der Waals surface area contributed by atoms with Crippen molar-refractivity contribution in [2.24, 2.45) is 0 Å². The largest absolute Gasteiger partial charge is 0.459 e. The summed E-state index contributed by atoms with van der Waals surface area (Å²) in [5, 5.41) is 9.83. The highest BCUT2D eigenvalue weighted by atomic mass is 16.6. The Kier molecular flexibility index (Phi) is 3.76. The van der Waals surface area contributed by atoms with Crippen LogP contribution in [0, 0.1) is 0 Å². The molecule has 1 aliphatic rings. The quantitative estimate of drug-likeness (QED) is 0.793. The number of esters is 1. The Hall–Kier alpha value is -1.39. The van der Waals surface area contributed by atoms with Crippen LogP contribution in [-0.2, 0) is 9.53 Å². The lowest BCUT2D eigenvalue weighted by Gasteiger charge is -2.15. The summed E-state index contributed by atoms with van der Waals surface area (Å²) in [5.41, 5.74) is 0.573. The fourth-order valence-electron chi connectivity index (χ4n) is 1.99. The third kappa shape index (κ3) is 3.05. The topological polar surface area (TPSA) is 49.8 Å². The van der Waals surface area contributed by atoms with Gasteiger partial charge in [-0.1, -0.05) is 30.3 Å². The Labute approximate surface area is 101 Å². The zero-order valence-electron chi connectivity index (χ0n) is 9.87. The number of likely N-dealkylation sites (N-methyl/N-ethyl adjacent to an activating group) is 1. The van der Waals surface area contributed by atoms with Gasteiger partial charge in [0.05, 0.1) is 0 Å². The lowest BCUT2D eigenvalue weighted by atomic mass is 10.1. The van der Waals surface area contributed by atoms with Gasteiger partial charge in [-0.05, 0) is 19.0 Å². The lowest BCUT2D eigenvalue weighted by molar-refractivity contribution is -0.158. The molecule has 0 aromatic heterocycles. The minimum atomic E-state index is -1.18. The second-order valence-corrected chi connectivity index (χ2v) is 4.42. The first kappa shape index (κ1) is 12.1. The summed E-state index contributed by atoms with van der Waals surface area (Å²) < 4.78 is 5.27. The highest BCUT2D eigenvalue weighted by Gasteiger charge is 2.26. The van der Waals surface area contributed by atoms with Crippen LogP contribution in [0.1, 0.15) is 18.1 Å². The maximum absolute atomic E-state index is 11.7. The molecule has 17 heavy (non-hydrogen) atoms. The first-order chi connectivity index (χ1) is 8.16. The number of aliphatic hydroxyl groups excluding tert-OH is 1. The summed E-state index contributed by atoms with van der Waals surface area (Å²) in [6.45, 7) is 1.67. The smallest absolute Gasteiger partial charge is 0.339 e. The molecular formula is C13H17NO3. The molecule has 4 heteroatoms. The van der Waals surface area contributed by atoms with Crippen LogP contribution >= 0.6 is 0 Å². The average molecular weight is 235 g/mol. The highest BCUT2D eigenvalue weighted by molar-refractivity contribution is 5.76. The number of nitrogens with zero attached hydrogens (tertiary/aromatic N) is 1. The predicted molar refractivity (Wildman–Crippen MR) is 63.4 cm³/mol. The van der Waals surface area contributed by atoms with Crippen LogP contribution in [-0.4, -0.2) is 42.2 Å². The standard InChI is InChI=1S/C13H17NO3/c1-14-8-7-11(9-14)17-13(16)12(15)10-5-3-2-4-6-10/h2-6,11-12,15H,7-9H2,1H3/t11?,12-/m1/s1. The molecule has 0 spiro atoms. The number of hydrogen-bond donors (Lipinski definition) is 1. The highest BCUT2D eigenvalue weighted by Crippen LogP contribution is 2.17. The van der Waals surface area contributed by atoms with Crippen LogP contribution in [0.3, 0.4) is 0 Å². The molecule has 1 aromatic carbocycles. The third-order valence-corrected chi connectivity index (χ3v) is 2.97. The molecule has 1 aliphatic heterocycles. The third-order valence-electron chi connectivity index (χ3n) is 2.97. The zero-order valence-corrected chi connectivity index (χ0v) is 9.87. The number of carbonyl (C=O) groups excluding carboxylic acids is 1. The minimum absolute atomic E-state index is 0.0918. The number of likely N-dealkylation sites (tertiary alicyclic amines) is 1. The molecule has 0 radical (unpaired) electrons. The van der Waals surface area contributed by atoms with Gasteiger partial charge < -0.3 is 14.7 Å². The minimum Gasteiger partial charge on any atom is -0.459 e. The normalized spacial score (nSPS) is 22.4. The van der Waals surface area contributed by atoms with E-state index in [1.807, 2.05) is 13.1 Å². The van der Waals surface area contributed by atoms with E-state index in [-0.39, 0.29) is 6.10 Å². The summed E-state index contributed by atoms with van der Waals surface area (Å²) in [4.78, 5) is 13.8. The lowest BCUT2D eigenvalue weighted by Crippen LogP contribution is -2.25. The average Bonchev–Trinajstić information content (AvgIpc) is 2.75. The van der Waals surface area contributed by atoms with Crippen molar-refractivity contribution in [2.45, 2.75) is 18.6 Å². The number of hydrogen-bond acceptors (Lipinski definition) is 4. The zero-order chi connectivity index (χ0) is 12.3. The maximum Gasteiger partial charge on any atom is 0.339 e. The second-order valence-electron chi connectivity index (χ2n) is 4.42. The first-order valence-corrected chi connectivity index (χ1v) is 5.79. The van der Waals surface area contributed by atoms with E-state index in [1.54, 1.807) is 24.3 Å². The van der Waals surface area contributed by atoms with Gasteiger partial charge in [0.15, 0.2) is 6.10 Å². The van der Waals surface area contributed by atoms with Gasteiger partial charge in [0, 0.05) is 13.1 Å². The van der Waals surface area contributed by atoms with Gasteiger partial charge in [-0.2, -0.15) is 0 Å². The van der Waals surface area contributed by atoms with E-state index >= 15 is 0 Å². The molecule has 1 heterocycles. The molecule has 0 saturated carbocycles. The molecule has 92 valence electrons. The van der Waals surface area contributed by atoms with Crippen molar-refractivity contribution >= 4 is 5.97 Å². The maximum atomic E-state index is 11.7. The molecule has 1 unspecified atom stereocenters. The SMILES string of the molecule is CN1CCC(OC(=O)[C@H](O)c2ccccc2)C1. The van der Waals surface area contributed by atoms with E-state index in [9.17, 15) is 9.90 Å². The van der Waals surface area contributed by atoms with E-state index in [1.165, 1.54) is 0 Å². The van der Waals surface area contributed by atoms with Crippen LogP contribution in [0.25, 0.3) is 0 Å². The van der Waals surface area contributed by atoms with Gasteiger partial charge >= 0.3 is 5.97 Å². The number of rotatable bonds is 3. The Balaban J connectivity index is 1.92. The molecule has 1 saturated heterocycles. The molecule has 0 amide bonds. The molecule has 1 N–H and O–H groups in total. The van der Waals surface area contributed by atoms with Crippen LogP contribution < -0.4 is 0 Å². The van der Waals surface area contributed by atoms with Crippen molar-refractivity contribution in [3.63, 3.8) is 0 Å². The van der Waals surface area contributed by atoms with E-state index in [0.717, 1.165) is 19.5 Å². The van der Waals surface area contributed by atoms with Gasteiger partial charge in [-0.25, -0.2) is 4.79 Å². The Bertz CT molecular complexity index is 380. The summed E-state index contributed by atoms with van der Waals surface area (Å²) in [7, 11) is 1.99. The van der Waals surface area contributed by atoms with Crippen molar-refractivity contribution in [1.29, 1.82) is 0 Å². The first-order valence-electron chi connectivity index (χ1n) is 5.79. The van der Waals surface area contributed by atoms with Crippen molar-refractivity contribution in [3.05, 3.63) is 35.9 Å². The van der Waals surface area contributed by atoms with Crippen molar-refractivity contribution in [2.75, 3.05) is 20.1 Å². The Morgan fingerprint density at radius 1 is 1.47 bits per heavy atom. The summed E-state index contributed by atoms with van der Waals surface area (Å²) in [6.07, 6.45) is -0.433. The van der Waals surface area contributed by atoms with Gasteiger partial charge in [0.2, 0.25) is 0 Å². The van der Waals surface area contributed by atoms with E-state index < -0.39 is 12.1 Å². The van der Waals surface area contributed by atoms with E-state index in [0.29, 0.717) is 5.56 Å². The number of ether oxygens (including phenoxy) is 1.